The molecule has 1 aromatic carbocycles. The van der Waals surface area contributed by atoms with Crippen molar-refractivity contribution in [2.75, 3.05) is 11.5 Å². The molecule has 0 aliphatic carbocycles. The average molecular weight is 297 g/mol. The highest BCUT2D eigenvalue weighted by Gasteiger charge is 2.50. The van der Waals surface area contributed by atoms with E-state index >= 15 is 0 Å². The molecule has 3 N–H and O–H groups in total. The van der Waals surface area contributed by atoms with Crippen molar-refractivity contribution in [3.8, 4) is 0 Å². The van der Waals surface area contributed by atoms with Gasteiger partial charge in [-0.25, -0.2) is 8.42 Å². The van der Waals surface area contributed by atoms with E-state index in [0.717, 1.165) is 11.1 Å². The van der Waals surface area contributed by atoms with Gasteiger partial charge in [0.1, 0.15) is 5.41 Å². The smallest absolute Gasteiger partial charge is 0.312 e. The van der Waals surface area contributed by atoms with Gasteiger partial charge >= 0.3 is 5.97 Å². The van der Waals surface area contributed by atoms with E-state index in [1.165, 1.54) is 0 Å². The number of aryl methyl sites for hydroxylation is 1. The fourth-order valence-electron chi connectivity index (χ4n) is 2.82. The molecule has 0 aromatic heterocycles. The molecular formula is C14H19NO4S. The summed E-state index contributed by atoms with van der Waals surface area (Å²) in [4.78, 5) is 11.7. The fourth-order valence-corrected chi connectivity index (χ4v) is 4.80. The lowest BCUT2D eigenvalue weighted by molar-refractivity contribution is -0.149. The number of hydrogen-bond acceptors (Lipinski definition) is 4. The third-order valence-electron chi connectivity index (χ3n) is 3.96. The highest BCUT2D eigenvalue weighted by Crippen LogP contribution is 2.35. The maximum Gasteiger partial charge on any atom is 0.312 e. The van der Waals surface area contributed by atoms with Crippen molar-refractivity contribution in [1.29, 1.82) is 0 Å². The van der Waals surface area contributed by atoms with Crippen molar-refractivity contribution < 1.29 is 18.3 Å². The first-order chi connectivity index (χ1) is 9.25. The van der Waals surface area contributed by atoms with E-state index in [-0.39, 0.29) is 24.3 Å². The van der Waals surface area contributed by atoms with Gasteiger partial charge in [0.05, 0.1) is 11.5 Å². The molecule has 1 saturated heterocycles. The standard InChI is InChI=1S/C14H19NO4S/c1-10-3-2-4-11(7-10)8-14(13(16)17)9-20(18,19)6-5-12(14)15/h2-4,7,12H,5-6,8-9,15H2,1H3,(H,16,17). The lowest BCUT2D eigenvalue weighted by Crippen LogP contribution is -2.57. The van der Waals surface area contributed by atoms with E-state index in [0.29, 0.717) is 0 Å². The Morgan fingerprint density at radius 1 is 1.50 bits per heavy atom. The van der Waals surface area contributed by atoms with Crippen LogP contribution >= 0.6 is 0 Å². The van der Waals surface area contributed by atoms with E-state index in [9.17, 15) is 18.3 Å². The largest absolute Gasteiger partial charge is 0.481 e. The van der Waals surface area contributed by atoms with E-state index in [2.05, 4.69) is 0 Å². The zero-order valence-electron chi connectivity index (χ0n) is 11.4. The molecule has 1 heterocycles. The molecule has 2 atom stereocenters. The highest BCUT2D eigenvalue weighted by atomic mass is 32.2. The van der Waals surface area contributed by atoms with Crippen molar-refractivity contribution in [3.05, 3.63) is 35.4 Å². The second-order valence-electron chi connectivity index (χ2n) is 5.61. The second kappa shape index (κ2) is 5.18. The van der Waals surface area contributed by atoms with Gasteiger partial charge in [-0.1, -0.05) is 29.8 Å². The van der Waals surface area contributed by atoms with Crippen molar-refractivity contribution in [2.24, 2.45) is 11.1 Å². The Morgan fingerprint density at radius 2 is 2.20 bits per heavy atom. The first kappa shape index (κ1) is 15.0. The fraction of sp³-hybridized carbons (Fsp3) is 0.500. The minimum Gasteiger partial charge on any atom is -0.481 e. The van der Waals surface area contributed by atoms with Crippen molar-refractivity contribution in [2.45, 2.75) is 25.8 Å². The van der Waals surface area contributed by atoms with E-state index < -0.39 is 27.3 Å². The number of carbonyl (C=O) groups is 1. The first-order valence-corrected chi connectivity index (χ1v) is 8.32. The molecule has 2 rings (SSSR count). The summed E-state index contributed by atoms with van der Waals surface area (Å²) in [6, 6.07) is 6.78. The van der Waals surface area contributed by atoms with Crippen LogP contribution in [0.25, 0.3) is 0 Å². The molecule has 1 aliphatic rings. The molecule has 1 fully saturated rings. The lowest BCUT2D eigenvalue weighted by Gasteiger charge is -2.38. The number of carboxylic acid groups (broad SMARTS) is 1. The number of nitrogens with two attached hydrogens (primary N) is 1. The highest BCUT2D eigenvalue weighted by molar-refractivity contribution is 7.91. The number of hydrogen-bond donors (Lipinski definition) is 2. The van der Waals surface area contributed by atoms with E-state index in [1.807, 2.05) is 31.2 Å². The van der Waals surface area contributed by atoms with Crippen LogP contribution in [0.3, 0.4) is 0 Å². The van der Waals surface area contributed by atoms with Gasteiger partial charge in [-0.2, -0.15) is 0 Å². The normalized spacial score (nSPS) is 29.0. The second-order valence-corrected chi connectivity index (χ2v) is 7.80. The number of rotatable bonds is 3. The summed E-state index contributed by atoms with van der Waals surface area (Å²) >= 11 is 0. The first-order valence-electron chi connectivity index (χ1n) is 6.50. The van der Waals surface area contributed by atoms with Gasteiger partial charge < -0.3 is 10.8 Å². The molecule has 0 spiro atoms. The summed E-state index contributed by atoms with van der Waals surface area (Å²) in [5, 5.41) is 9.58. The third-order valence-corrected chi connectivity index (χ3v) is 5.77. The summed E-state index contributed by atoms with van der Waals surface area (Å²) in [7, 11) is -3.36. The quantitative estimate of drug-likeness (QED) is 0.858. The van der Waals surface area contributed by atoms with Crippen LogP contribution in [0.15, 0.2) is 24.3 Å². The maximum atomic E-state index is 11.9. The summed E-state index contributed by atoms with van der Waals surface area (Å²) in [6.07, 6.45) is 0.338. The molecule has 6 heteroatoms. The predicted octanol–water partition coefficient (Wildman–Crippen LogP) is 0.754. The molecule has 0 saturated carbocycles. The Balaban J connectivity index is 2.41. The summed E-state index contributed by atoms with van der Waals surface area (Å²) in [6.45, 7) is 1.91. The number of sulfone groups is 1. The number of aliphatic carboxylic acids is 1. The zero-order valence-corrected chi connectivity index (χ0v) is 12.2. The monoisotopic (exact) mass is 297 g/mol. The van der Waals surface area contributed by atoms with Gasteiger partial charge in [0, 0.05) is 6.04 Å². The Hall–Kier alpha value is -1.40. The molecule has 20 heavy (non-hydrogen) atoms. The Labute approximate surface area is 118 Å². The molecule has 110 valence electrons. The zero-order chi connectivity index (χ0) is 15.0. The summed E-state index contributed by atoms with van der Waals surface area (Å²) in [5.41, 5.74) is 6.37. The average Bonchev–Trinajstić information content (AvgIpc) is 2.33. The van der Waals surface area contributed by atoms with Gasteiger partial charge in [0.25, 0.3) is 0 Å². The van der Waals surface area contributed by atoms with Gasteiger partial charge in [-0.05, 0) is 25.3 Å². The molecule has 0 bridgehead atoms. The number of carboxylic acids is 1. The molecule has 5 nitrogen and oxygen atoms in total. The third kappa shape index (κ3) is 2.86. The van der Waals surface area contributed by atoms with Crippen molar-refractivity contribution in [1.82, 2.24) is 0 Å². The van der Waals surface area contributed by atoms with Crippen molar-refractivity contribution in [3.63, 3.8) is 0 Å². The summed E-state index contributed by atoms with van der Waals surface area (Å²) in [5.74, 6) is -1.55. The SMILES string of the molecule is Cc1cccc(CC2(C(=O)O)CS(=O)(=O)CCC2N)c1. The van der Waals surface area contributed by atoms with Crippen LogP contribution in [0.5, 0.6) is 0 Å². The molecule has 1 aliphatic heterocycles. The molecule has 0 radical (unpaired) electrons. The van der Waals surface area contributed by atoms with E-state index in [1.54, 1.807) is 0 Å². The molecule has 0 amide bonds. The van der Waals surface area contributed by atoms with Crippen LogP contribution < -0.4 is 5.73 Å². The Morgan fingerprint density at radius 3 is 2.80 bits per heavy atom. The Bertz CT molecular complexity index is 626. The molecular weight excluding hydrogens is 278 g/mol. The van der Waals surface area contributed by atoms with Crippen LogP contribution in [0.1, 0.15) is 17.5 Å². The van der Waals surface area contributed by atoms with Gasteiger partial charge in [-0.15, -0.1) is 0 Å². The van der Waals surface area contributed by atoms with E-state index in [4.69, 9.17) is 5.73 Å². The van der Waals surface area contributed by atoms with Gasteiger partial charge in [0.2, 0.25) is 0 Å². The lowest BCUT2D eigenvalue weighted by atomic mass is 9.75. The van der Waals surface area contributed by atoms with Crippen LogP contribution in [-0.4, -0.2) is 37.0 Å². The summed E-state index contributed by atoms with van der Waals surface area (Å²) < 4.78 is 23.7. The maximum absolute atomic E-state index is 11.9. The van der Waals surface area contributed by atoms with Crippen LogP contribution in [-0.2, 0) is 21.1 Å². The van der Waals surface area contributed by atoms with Gasteiger partial charge in [0.15, 0.2) is 9.84 Å². The van der Waals surface area contributed by atoms with Crippen LogP contribution in [0.4, 0.5) is 0 Å². The number of benzene rings is 1. The van der Waals surface area contributed by atoms with Crippen LogP contribution in [0.2, 0.25) is 0 Å². The molecule has 1 aromatic rings. The predicted molar refractivity (Wildman–Crippen MR) is 76.2 cm³/mol. The Kier molecular flexibility index (Phi) is 3.88. The van der Waals surface area contributed by atoms with Crippen LogP contribution in [0, 0.1) is 12.3 Å². The van der Waals surface area contributed by atoms with Gasteiger partial charge in [-0.3, -0.25) is 4.79 Å². The van der Waals surface area contributed by atoms with Crippen molar-refractivity contribution >= 4 is 15.8 Å². The minimum absolute atomic E-state index is 0.0307. The molecule has 2 unspecified atom stereocenters. The topological polar surface area (TPSA) is 97.5 Å². The minimum atomic E-state index is -3.36.